The third-order valence-corrected chi connectivity index (χ3v) is 5.93. The largest absolute Gasteiger partial charge is 0.294 e. The molecule has 2 aliphatic rings. The zero-order valence-corrected chi connectivity index (χ0v) is 13.1. The van der Waals surface area contributed by atoms with Crippen molar-refractivity contribution in [3.05, 3.63) is 32.8 Å². The Morgan fingerprint density at radius 2 is 1.89 bits per heavy atom. The van der Waals surface area contributed by atoms with Gasteiger partial charge in [0.2, 0.25) is 0 Å². The van der Waals surface area contributed by atoms with E-state index < -0.39 is 0 Å². The quantitative estimate of drug-likeness (QED) is 0.432. The number of hydrogen-bond donors (Lipinski definition) is 0. The molecule has 0 radical (unpaired) electrons. The maximum atomic E-state index is 12.2. The van der Waals surface area contributed by atoms with E-state index in [4.69, 9.17) is 0 Å². The number of hydrogen-bond acceptors (Lipinski definition) is 4. The van der Waals surface area contributed by atoms with Crippen LogP contribution in [0.4, 0.5) is 0 Å². The number of carbonyl (C=O) groups excluding carboxylic acids is 2. The van der Waals surface area contributed by atoms with E-state index in [1.807, 2.05) is 25.3 Å². The van der Waals surface area contributed by atoms with Gasteiger partial charge in [0.25, 0.3) is 0 Å². The molecule has 1 unspecified atom stereocenters. The lowest BCUT2D eigenvalue weighted by Crippen LogP contribution is -2.31. The average molecular weight is 294 g/mol. The Kier molecular flexibility index (Phi) is 4.11. The van der Waals surface area contributed by atoms with E-state index in [0.717, 1.165) is 9.14 Å². The van der Waals surface area contributed by atoms with Gasteiger partial charge in [-0.05, 0) is 10.8 Å². The monoisotopic (exact) mass is 294 g/mol. The van der Waals surface area contributed by atoms with Crippen LogP contribution in [0.3, 0.4) is 0 Å². The van der Waals surface area contributed by atoms with Crippen LogP contribution in [0.25, 0.3) is 0 Å². The summed E-state index contributed by atoms with van der Waals surface area (Å²) in [6.45, 7) is 9.79. The van der Waals surface area contributed by atoms with E-state index in [0.29, 0.717) is 18.4 Å². The molecule has 0 amide bonds. The molecule has 0 aromatic heterocycles. The third-order valence-electron chi connectivity index (χ3n) is 3.34. The van der Waals surface area contributed by atoms with Crippen molar-refractivity contribution in [3.8, 4) is 0 Å². The number of rotatable bonds is 2. The van der Waals surface area contributed by atoms with E-state index in [1.165, 1.54) is 11.8 Å². The Morgan fingerprint density at radius 1 is 1.32 bits per heavy atom. The van der Waals surface area contributed by atoms with E-state index in [2.05, 4.69) is 13.5 Å². The molecule has 0 spiro atoms. The lowest BCUT2D eigenvalue weighted by molar-refractivity contribution is -0.127. The van der Waals surface area contributed by atoms with Gasteiger partial charge < -0.3 is 0 Å². The first-order chi connectivity index (χ1) is 8.84. The van der Waals surface area contributed by atoms with Gasteiger partial charge >= 0.3 is 0 Å². The fourth-order valence-corrected chi connectivity index (χ4v) is 4.76. The highest BCUT2D eigenvalue weighted by molar-refractivity contribution is 8.28. The SMILES string of the molecule is C=CC(C)C1=CSC(=C2C(=O)CC(C)(C)CC2=O)S1. The Balaban J connectivity index is 2.24. The fourth-order valence-electron chi connectivity index (χ4n) is 2.18. The van der Waals surface area contributed by atoms with E-state index in [1.54, 1.807) is 11.8 Å². The van der Waals surface area contributed by atoms with E-state index >= 15 is 0 Å². The van der Waals surface area contributed by atoms with Crippen LogP contribution in [0.5, 0.6) is 0 Å². The number of thioether (sulfide) groups is 2. The van der Waals surface area contributed by atoms with Crippen molar-refractivity contribution in [1.29, 1.82) is 0 Å². The Hall–Kier alpha value is -0.740. The highest BCUT2D eigenvalue weighted by Gasteiger charge is 2.38. The standard InChI is InChI=1S/C15H18O2S2/c1-5-9(2)12-8-18-14(19-12)13-10(16)6-15(3,4)7-11(13)17/h5,8-9H,1,6-7H2,2-4H3. The minimum absolute atomic E-state index is 0.00263. The molecule has 1 heterocycles. The predicted octanol–water partition coefficient (Wildman–Crippen LogP) is 4.30. The van der Waals surface area contributed by atoms with Crippen molar-refractivity contribution < 1.29 is 9.59 Å². The molecule has 1 aliphatic carbocycles. The molecular formula is C15H18O2S2. The number of carbonyl (C=O) groups is 2. The lowest BCUT2D eigenvalue weighted by Gasteiger charge is -2.29. The molecule has 0 saturated heterocycles. The molecular weight excluding hydrogens is 276 g/mol. The zero-order valence-electron chi connectivity index (χ0n) is 11.5. The van der Waals surface area contributed by atoms with Gasteiger partial charge in [0.15, 0.2) is 11.6 Å². The van der Waals surface area contributed by atoms with Crippen LogP contribution in [0.1, 0.15) is 33.6 Å². The molecule has 1 saturated carbocycles. The molecule has 0 aromatic carbocycles. The highest BCUT2D eigenvalue weighted by Crippen LogP contribution is 2.50. The summed E-state index contributed by atoms with van der Waals surface area (Å²) >= 11 is 3.05. The van der Waals surface area contributed by atoms with Crippen LogP contribution in [0.15, 0.2) is 32.8 Å². The summed E-state index contributed by atoms with van der Waals surface area (Å²) in [6, 6.07) is 0. The van der Waals surface area contributed by atoms with Crippen molar-refractivity contribution in [2.75, 3.05) is 0 Å². The summed E-state index contributed by atoms with van der Waals surface area (Å²) in [7, 11) is 0. The summed E-state index contributed by atoms with van der Waals surface area (Å²) in [4.78, 5) is 25.6. The zero-order chi connectivity index (χ0) is 14.2. The molecule has 1 atom stereocenters. The average Bonchev–Trinajstić information content (AvgIpc) is 2.74. The molecule has 0 bridgehead atoms. The van der Waals surface area contributed by atoms with Crippen LogP contribution < -0.4 is 0 Å². The molecule has 102 valence electrons. The van der Waals surface area contributed by atoms with Crippen LogP contribution in [-0.2, 0) is 9.59 Å². The number of Topliss-reactive ketones (excluding diaryl/α,β-unsaturated/α-hetero) is 2. The van der Waals surface area contributed by atoms with E-state index in [-0.39, 0.29) is 22.9 Å². The maximum absolute atomic E-state index is 12.2. The van der Waals surface area contributed by atoms with Crippen molar-refractivity contribution in [1.82, 2.24) is 0 Å². The Bertz CT molecular complexity index is 490. The maximum Gasteiger partial charge on any atom is 0.168 e. The van der Waals surface area contributed by atoms with Gasteiger partial charge in [-0.15, -0.1) is 6.58 Å². The fraction of sp³-hybridized carbons (Fsp3) is 0.467. The number of ketones is 2. The van der Waals surface area contributed by atoms with Crippen molar-refractivity contribution in [3.63, 3.8) is 0 Å². The summed E-state index contributed by atoms with van der Waals surface area (Å²) in [5, 5.41) is 2.03. The molecule has 4 heteroatoms. The molecule has 2 nitrogen and oxygen atoms in total. The first-order valence-electron chi connectivity index (χ1n) is 6.32. The molecule has 0 N–H and O–H groups in total. The van der Waals surface area contributed by atoms with Gasteiger partial charge in [0.05, 0.1) is 9.81 Å². The topological polar surface area (TPSA) is 34.1 Å². The lowest BCUT2D eigenvalue weighted by atomic mass is 9.74. The van der Waals surface area contributed by atoms with Crippen LogP contribution >= 0.6 is 23.5 Å². The Labute approximate surface area is 122 Å². The summed E-state index contributed by atoms with van der Waals surface area (Å²) in [6.07, 6.45) is 2.80. The smallest absolute Gasteiger partial charge is 0.168 e. The van der Waals surface area contributed by atoms with Crippen LogP contribution in [-0.4, -0.2) is 11.6 Å². The molecule has 1 fully saturated rings. The molecule has 19 heavy (non-hydrogen) atoms. The summed E-state index contributed by atoms with van der Waals surface area (Å²) in [5.74, 6) is 0.259. The predicted molar refractivity (Wildman–Crippen MR) is 82.7 cm³/mol. The van der Waals surface area contributed by atoms with Crippen molar-refractivity contribution in [2.24, 2.45) is 11.3 Å². The number of allylic oxidation sites excluding steroid dienone is 3. The van der Waals surface area contributed by atoms with Gasteiger partial charge in [0, 0.05) is 23.7 Å². The third kappa shape index (κ3) is 3.06. The molecule has 2 rings (SSSR count). The van der Waals surface area contributed by atoms with Gasteiger partial charge in [-0.1, -0.05) is 50.4 Å². The molecule has 0 aromatic rings. The first kappa shape index (κ1) is 14.7. The van der Waals surface area contributed by atoms with Gasteiger partial charge in [-0.3, -0.25) is 9.59 Å². The minimum Gasteiger partial charge on any atom is -0.294 e. The second kappa shape index (κ2) is 5.33. The normalized spacial score (nSPS) is 24.5. The van der Waals surface area contributed by atoms with Gasteiger partial charge in [0.1, 0.15) is 0 Å². The van der Waals surface area contributed by atoms with Crippen LogP contribution in [0.2, 0.25) is 0 Å². The van der Waals surface area contributed by atoms with Crippen LogP contribution in [0, 0.1) is 11.3 Å². The van der Waals surface area contributed by atoms with Gasteiger partial charge in [-0.25, -0.2) is 0 Å². The summed E-state index contributed by atoms with van der Waals surface area (Å²) in [5.41, 5.74) is 0.230. The second-order valence-corrected chi connectivity index (χ2v) is 8.01. The minimum atomic E-state index is -0.198. The molecule has 1 aliphatic heterocycles. The highest BCUT2D eigenvalue weighted by atomic mass is 32.2. The van der Waals surface area contributed by atoms with Gasteiger partial charge in [-0.2, -0.15) is 0 Å². The van der Waals surface area contributed by atoms with E-state index in [9.17, 15) is 9.59 Å². The van der Waals surface area contributed by atoms with Crippen molar-refractivity contribution in [2.45, 2.75) is 33.6 Å². The summed E-state index contributed by atoms with van der Waals surface area (Å²) < 4.78 is 0.856. The Morgan fingerprint density at radius 3 is 2.42 bits per heavy atom. The van der Waals surface area contributed by atoms with Crippen molar-refractivity contribution >= 4 is 35.1 Å². The second-order valence-electron chi connectivity index (χ2n) is 5.79. The first-order valence-corrected chi connectivity index (χ1v) is 8.01.